The van der Waals surface area contributed by atoms with E-state index in [1.54, 1.807) is 42.5 Å². The summed E-state index contributed by atoms with van der Waals surface area (Å²) in [5.74, 6) is 0.376. The number of hydrogen-bond acceptors (Lipinski definition) is 4. The van der Waals surface area contributed by atoms with Crippen molar-refractivity contribution in [1.82, 2.24) is 0 Å². The lowest BCUT2D eigenvalue weighted by atomic mass is 9.97. The Labute approximate surface area is 172 Å². The van der Waals surface area contributed by atoms with Crippen LogP contribution in [0.3, 0.4) is 0 Å². The highest BCUT2D eigenvalue weighted by molar-refractivity contribution is 6.32. The van der Waals surface area contributed by atoms with Gasteiger partial charge in [0.25, 0.3) is 0 Å². The number of rotatable bonds is 5. The zero-order valence-electron chi connectivity index (χ0n) is 14.7. The monoisotopic (exact) mass is 413 g/mol. The molecular formula is C21H17Cl2N3O2. The first-order chi connectivity index (χ1) is 13.3. The molecule has 0 atom stereocenters. The van der Waals surface area contributed by atoms with Gasteiger partial charge < -0.3 is 15.9 Å². The molecule has 0 saturated carbocycles. The van der Waals surface area contributed by atoms with Gasteiger partial charge in [0.05, 0.1) is 17.3 Å². The van der Waals surface area contributed by atoms with E-state index in [-0.39, 0.29) is 34.6 Å². The first-order valence-electron chi connectivity index (χ1n) is 8.30. The molecule has 0 radical (unpaired) electrons. The Morgan fingerprint density at radius 3 is 2.32 bits per heavy atom. The minimum atomic E-state index is 0.00435. The highest BCUT2D eigenvalue weighted by Crippen LogP contribution is 2.24. The Balaban J connectivity index is 1.93. The van der Waals surface area contributed by atoms with E-state index in [0.717, 1.165) is 5.56 Å². The number of nitrogens with zero attached hydrogens (tertiary/aromatic N) is 1. The summed E-state index contributed by atoms with van der Waals surface area (Å²) in [6, 6.07) is 16.2. The number of nitrogens with two attached hydrogens (primary N) is 1. The fourth-order valence-corrected chi connectivity index (χ4v) is 3.02. The Bertz CT molecular complexity index is 1060. The second-order valence-electron chi connectivity index (χ2n) is 6.10. The van der Waals surface area contributed by atoms with Gasteiger partial charge in [-0.1, -0.05) is 29.3 Å². The molecule has 3 aromatic carbocycles. The van der Waals surface area contributed by atoms with E-state index in [0.29, 0.717) is 21.7 Å². The number of halogens is 2. The van der Waals surface area contributed by atoms with Gasteiger partial charge in [-0.2, -0.15) is 0 Å². The molecule has 142 valence electrons. The number of benzene rings is 3. The van der Waals surface area contributed by atoms with Crippen LogP contribution < -0.4 is 5.73 Å². The first-order valence-corrected chi connectivity index (χ1v) is 9.06. The van der Waals surface area contributed by atoms with Crippen LogP contribution in [0, 0.1) is 5.41 Å². The molecule has 5 nitrogen and oxygen atoms in total. The number of amidine groups is 1. The van der Waals surface area contributed by atoms with Crippen LogP contribution >= 0.6 is 23.2 Å². The average molecular weight is 414 g/mol. The molecule has 0 unspecified atom stereocenters. The van der Waals surface area contributed by atoms with Crippen molar-refractivity contribution in [3.05, 3.63) is 93.0 Å². The van der Waals surface area contributed by atoms with E-state index in [4.69, 9.17) is 34.3 Å². The minimum absolute atomic E-state index is 0.00435. The van der Waals surface area contributed by atoms with E-state index in [1.807, 2.05) is 0 Å². The maximum Gasteiger partial charge on any atom is 0.134 e. The van der Waals surface area contributed by atoms with Crippen LogP contribution in [0.25, 0.3) is 0 Å². The SMILES string of the molecule is N=C(c1ccc(O)cc1)c1cc(Cl)ccc1C(N)=NCc1ccc(O)c(Cl)c1. The summed E-state index contributed by atoms with van der Waals surface area (Å²) in [5, 5.41) is 28.2. The Morgan fingerprint density at radius 1 is 0.929 bits per heavy atom. The summed E-state index contributed by atoms with van der Waals surface area (Å²) in [7, 11) is 0. The summed E-state index contributed by atoms with van der Waals surface area (Å²) in [6.07, 6.45) is 0. The van der Waals surface area contributed by atoms with Gasteiger partial charge >= 0.3 is 0 Å². The second-order valence-corrected chi connectivity index (χ2v) is 6.94. The molecular weight excluding hydrogens is 397 g/mol. The molecule has 0 aliphatic heterocycles. The second kappa shape index (κ2) is 8.33. The Morgan fingerprint density at radius 2 is 1.64 bits per heavy atom. The van der Waals surface area contributed by atoms with E-state index in [2.05, 4.69) is 4.99 Å². The van der Waals surface area contributed by atoms with Gasteiger partial charge in [0.15, 0.2) is 0 Å². The molecule has 3 aromatic rings. The molecule has 28 heavy (non-hydrogen) atoms. The summed E-state index contributed by atoms with van der Waals surface area (Å²) < 4.78 is 0. The topological polar surface area (TPSA) is 103 Å². The van der Waals surface area contributed by atoms with Crippen LogP contribution in [0.15, 0.2) is 65.7 Å². The van der Waals surface area contributed by atoms with Crippen LogP contribution in [-0.2, 0) is 6.54 Å². The van der Waals surface area contributed by atoms with Gasteiger partial charge in [-0.3, -0.25) is 10.4 Å². The third-order valence-corrected chi connectivity index (χ3v) is 4.66. The molecule has 7 heteroatoms. The summed E-state index contributed by atoms with van der Waals surface area (Å²) in [4.78, 5) is 4.39. The predicted molar refractivity (Wildman–Crippen MR) is 113 cm³/mol. The van der Waals surface area contributed by atoms with Gasteiger partial charge in [-0.25, -0.2) is 0 Å². The molecule has 0 aliphatic rings. The number of aliphatic imine (C=N–C) groups is 1. The molecule has 0 amide bonds. The lowest BCUT2D eigenvalue weighted by Gasteiger charge is -2.12. The average Bonchev–Trinajstić information content (AvgIpc) is 2.68. The van der Waals surface area contributed by atoms with Gasteiger partial charge in [-0.15, -0.1) is 0 Å². The highest BCUT2D eigenvalue weighted by Gasteiger charge is 2.14. The van der Waals surface area contributed by atoms with E-state index in [1.165, 1.54) is 18.2 Å². The smallest absolute Gasteiger partial charge is 0.134 e. The van der Waals surface area contributed by atoms with Crippen LogP contribution in [-0.4, -0.2) is 21.8 Å². The molecule has 0 fully saturated rings. The first kappa shape index (κ1) is 19.7. The molecule has 0 heterocycles. The molecule has 0 spiro atoms. The standard InChI is InChI=1S/C21H17Cl2N3O2/c22-14-4-7-16(17(10-14)20(24)13-2-5-15(27)6-3-13)21(25)26-11-12-1-8-19(28)18(23)9-12/h1-10,24,27-28H,11H2,(H2,25,26). The van der Waals surface area contributed by atoms with Gasteiger partial charge in [0, 0.05) is 21.7 Å². The van der Waals surface area contributed by atoms with Crippen molar-refractivity contribution in [3.63, 3.8) is 0 Å². The molecule has 0 saturated heterocycles. The number of phenols is 2. The quantitative estimate of drug-likeness (QED) is 0.359. The number of hydrogen-bond donors (Lipinski definition) is 4. The van der Waals surface area contributed by atoms with Crippen molar-refractivity contribution in [2.75, 3.05) is 0 Å². The summed E-state index contributed by atoms with van der Waals surface area (Å²) in [6.45, 7) is 0.264. The highest BCUT2D eigenvalue weighted by atomic mass is 35.5. The van der Waals surface area contributed by atoms with Crippen LogP contribution in [0.4, 0.5) is 0 Å². The zero-order chi connectivity index (χ0) is 20.3. The predicted octanol–water partition coefficient (Wildman–Crippen LogP) is 4.73. The van der Waals surface area contributed by atoms with Gasteiger partial charge in [0.1, 0.15) is 17.3 Å². The number of aromatic hydroxyl groups is 2. The minimum Gasteiger partial charge on any atom is -0.508 e. The van der Waals surface area contributed by atoms with E-state index >= 15 is 0 Å². The maximum absolute atomic E-state index is 9.50. The fourth-order valence-electron chi connectivity index (χ4n) is 2.64. The molecule has 5 N–H and O–H groups in total. The van der Waals surface area contributed by atoms with Crippen molar-refractivity contribution in [3.8, 4) is 11.5 Å². The molecule has 0 bridgehead atoms. The Kier molecular flexibility index (Phi) is 5.87. The van der Waals surface area contributed by atoms with Crippen LogP contribution in [0.1, 0.15) is 22.3 Å². The fraction of sp³-hybridized carbons (Fsp3) is 0.0476. The van der Waals surface area contributed by atoms with E-state index in [9.17, 15) is 10.2 Å². The third-order valence-electron chi connectivity index (χ3n) is 4.13. The van der Waals surface area contributed by atoms with Crippen molar-refractivity contribution >= 4 is 34.7 Å². The normalized spacial score (nSPS) is 11.4. The largest absolute Gasteiger partial charge is 0.508 e. The van der Waals surface area contributed by atoms with Crippen LogP contribution in [0.5, 0.6) is 11.5 Å². The lowest BCUT2D eigenvalue weighted by molar-refractivity contribution is 0.475. The third kappa shape index (κ3) is 4.44. The summed E-state index contributed by atoms with van der Waals surface area (Å²) >= 11 is 12.0. The van der Waals surface area contributed by atoms with Gasteiger partial charge in [-0.05, 0) is 60.2 Å². The molecule has 3 rings (SSSR count). The number of phenolic OH excluding ortho intramolecular Hbond substituents is 2. The van der Waals surface area contributed by atoms with Crippen molar-refractivity contribution < 1.29 is 10.2 Å². The van der Waals surface area contributed by atoms with Crippen molar-refractivity contribution in [2.24, 2.45) is 10.7 Å². The number of nitrogens with one attached hydrogen (secondary N) is 1. The van der Waals surface area contributed by atoms with Crippen molar-refractivity contribution in [2.45, 2.75) is 6.54 Å². The summed E-state index contributed by atoms with van der Waals surface area (Å²) in [5.41, 5.74) is 8.91. The van der Waals surface area contributed by atoms with Gasteiger partial charge in [0.2, 0.25) is 0 Å². The van der Waals surface area contributed by atoms with E-state index < -0.39 is 0 Å². The lowest BCUT2D eigenvalue weighted by Crippen LogP contribution is -2.18. The molecule has 0 aromatic heterocycles. The van der Waals surface area contributed by atoms with Crippen molar-refractivity contribution in [1.29, 1.82) is 5.41 Å². The maximum atomic E-state index is 9.50. The zero-order valence-corrected chi connectivity index (χ0v) is 16.2. The van der Waals surface area contributed by atoms with Crippen LogP contribution in [0.2, 0.25) is 10.0 Å². The molecule has 0 aliphatic carbocycles. The Hall–Kier alpha value is -3.02.